The van der Waals surface area contributed by atoms with Gasteiger partial charge >= 0.3 is 0 Å². The lowest BCUT2D eigenvalue weighted by molar-refractivity contribution is 0.548. The Morgan fingerprint density at radius 1 is 1.42 bits per heavy atom. The van der Waals surface area contributed by atoms with Crippen LogP contribution in [0.2, 0.25) is 10.0 Å². The van der Waals surface area contributed by atoms with Crippen molar-refractivity contribution in [2.75, 3.05) is 6.54 Å². The average molecular weight is 203 g/mol. The Bertz CT molecular complexity index is 314. The van der Waals surface area contributed by atoms with Crippen LogP contribution in [0.5, 0.6) is 0 Å². The minimum absolute atomic E-state index is 0.287. The summed E-state index contributed by atoms with van der Waals surface area (Å²) in [6.45, 7) is 0.876. The number of hydrogen-bond acceptors (Lipinski definition) is 2. The van der Waals surface area contributed by atoms with Crippen LogP contribution in [-0.2, 0) is 0 Å². The summed E-state index contributed by atoms with van der Waals surface area (Å²) < 4.78 is 0. The van der Waals surface area contributed by atoms with Gasteiger partial charge in [0.25, 0.3) is 0 Å². The number of nitrogens with two attached hydrogens (primary N) is 1. The standard InChI is InChI=1S/C8H8Cl2N2/c9-5-1-2-6(7(10)3-5)8-4-12(8)11/h1-3,8H,4,11H2. The highest BCUT2D eigenvalue weighted by Crippen LogP contribution is 2.36. The first-order valence-corrected chi connectivity index (χ1v) is 4.40. The van der Waals surface area contributed by atoms with Gasteiger partial charge in [0.15, 0.2) is 0 Å². The lowest BCUT2D eigenvalue weighted by Crippen LogP contribution is -2.06. The van der Waals surface area contributed by atoms with Gasteiger partial charge in [-0.25, -0.2) is 5.01 Å². The highest BCUT2D eigenvalue weighted by Gasteiger charge is 2.33. The van der Waals surface area contributed by atoms with Crippen molar-refractivity contribution in [2.45, 2.75) is 6.04 Å². The number of benzene rings is 1. The van der Waals surface area contributed by atoms with Gasteiger partial charge in [-0.05, 0) is 17.7 Å². The third kappa shape index (κ3) is 1.43. The Balaban J connectivity index is 2.33. The number of halogens is 2. The molecular weight excluding hydrogens is 195 g/mol. The monoisotopic (exact) mass is 202 g/mol. The lowest BCUT2D eigenvalue weighted by Gasteiger charge is -2.01. The molecule has 1 aromatic rings. The molecule has 0 amide bonds. The summed E-state index contributed by atoms with van der Waals surface area (Å²) in [7, 11) is 0. The molecule has 2 nitrogen and oxygen atoms in total. The number of hydrogen-bond donors (Lipinski definition) is 1. The molecule has 1 fully saturated rings. The summed E-state index contributed by atoms with van der Waals surface area (Å²) in [6, 6.07) is 5.77. The van der Waals surface area contributed by atoms with Crippen molar-refractivity contribution in [1.82, 2.24) is 5.01 Å². The Morgan fingerprint density at radius 2 is 2.08 bits per heavy atom. The molecule has 0 bridgehead atoms. The Labute approximate surface area is 80.8 Å². The van der Waals surface area contributed by atoms with E-state index in [1.54, 1.807) is 11.1 Å². The van der Waals surface area contributed by atoms with Crippen LogP contribution in [-0.4, -0.2) is 11.6 Å². The van der Waals surface area contributed by atoms with Crippen LogP contribution in [0.1, 0.15) is 11.6 Å². The maximum atomic E-state index is 5.96. The largest absolute Gasteiger partial charge is 0.268 e. The molecule has 0 radical (unpaired) electrons. The van der Waals surface area contributed by atoms with E-state index in [-0.39, 0.29) is 6.04 Å². The van der Waals surface area contributed by atoms with Gasteiger partial charge in [-0.15, -0.1) is 0 Å². The van der Waals surface area contributed by atoms with E-state index >= 15 is 0 Å². The molecule has 1 aliphatic heterocycles. The third-order valence-corrected chi connectivity index (χ3v) is 2.53. The fourth-order valence-corrected chi connectivity index (χ4v) is 1.74. The zero-order chi connectivity index (χ0) is 8.72. The molecule has 2 rings (SSSR count). The van der Waals surface area contributed by atoms with Crippen molar-refractivity contribution in [1.29, 1.82) is 0 Å². The van der Waals surface area contributed by atoms with Gasteiger partial charge in [-0.2, -0.15) is 0 Å². The zero-order valence-corrected chi connectivity index (χ0v) is 7.81. The molecule has 0 spiro atoms. The van der Waals surface area contributed by atoms with Crippen LogP contribution in [0.15, 0.2) is 18.2 Å². The van der Waals surface area contributed by atoms with Crippen molar-refractivity contribution < 1.29 is 0 Å². The van der Waals surface area contributed by atoms with E-state index in [2.05, 4.69) is 0 Å². The van der Waals surface area contributed by atoms with Crippen LogP contribution in [0.4, 0.5) is 0 Å². The maximum absolute atomic E-state index is 5.96. The molecular formula is C8H8Cl2N2. The van der Waals surface area contributed by atoms with Gasteiger partial charge in [-0.1, -0.05) is 29.3 Å². The fourth-order valence-electron chi connectivity index (χ4n) is 1.20. The second kappa shape index (κ2) is 2.89. The third-order valence-electron chi connectivity index (χ3n) is 1.97. The first-order valence-electron chi connectivity index (χ1n) is 3.65. The highest BCUT2D eigenvalue weighted by atomic mass is 35.5. The molecule has 12 heavy (non-hydrogen) atoms. The summed E-state index contributed by atoms with van der Waals surface area (Å²) in [6.07, 6.45) is 0. The molecule has 1 saturated heterocycles. The van der Waals surface area contributed by atoms with Gasteiger partial charge in [-0.3, -0.25) is 5.84 Å². The van der Waals surface area contributed by atoms with Crippen LogP contribution in [0.25, 0.3) is 0 Å². The van der Waals surface area contributed by atoms with Crippen molar-refractivity contribution in [3.63, 3.8) is 0 Å². The van der Waals surface area contributed by atoms with Gasteiger partial charge in [0, 0.05) is 16.6 Å². The van der Waals surface area contributed by atoms with E-state index in [0.29, 0.717) is 10.0 Å². The second-order valence-electron chi connectivity index (χ2n) is 2.88. The molecule has 64 valence electrons. The quantitative estimate of drug-likeness (QED) is 0.560. The van der Waals surface area contributed by atoms with E-state index in [1.165, 1.54) is 0 Å². The molecule has 0 aliphatic carbocycles. The Morgan fingerprint density at radius 3 is 2.58 bits per heavy atom. The molecule has 4 heteroatoms. The Kier molecular flexibility index (Phi) is 2.00. The minimum Gasteiger partial charge on any atom is -0.268 e. The molecule has 1 aliphatic rings. The van der Waals surface area contributed by atoms with Crippen LogP contribution < -0.4 is 5.84 Å². The van der Waals surface area contributed by atoms with Gasteiger partial charge in [0.1, 0.15) is 0 Å². The van der Waals surface area contributed by atoms with Crippen LogP contribution >= 0.6 is 23.2 Å². The van der Waals surface area contributed by atoms with Crippen molar-refractivity contribution in [2.24, 2.45) is 5.84 Å². The smallest absolute Gasteiger partial charge is 0.0647 e. The summed E-state index contributed by atoms with van der Waals surface area (Å²) in [5.41, 5.74) is 1.06. The first kappa shape index (κ1) is 8.32. The van der Waals surface area contributed by atoms with E-state index in [1.807, 2.05) is 12.1 Å². The summed E-state index contributed by atoms with van der Waals surface area (Å²) >= 11 is 11.7. The number of nitrogens with zero attached hydrogens (tertiary/aromatic N) is 1. The summed E-state index contributed by atoms with van der Waals surface area (Å²) in [4.78, 5) is 0. The molecule has 0 aromatic heterocycles. The second-order valence-corrected chi connectivity index (χ2v) is 3.72. The van der Waals surface area contributed by atoms with Crippen molar-refractivity contribution in [3.8, 4) is 0 Å². The van der Waals surface area contributed by atoms with Crippen LogP contribution in [0.3, 0.4) is 0 Å². The predicted molar refractivity (Wildman–Crippen MR) is 50.1 cm³/mol. The van der Waals surface area contributed by atoms with Gasteiger partial charge in [0.2, 0.25) is 0 Å². The summed E-state index contributed by atoms with van der Waals surface area (Å²) in [5.74, 6) is 5.55. The van der Waals surface area contributed by atoms with Crippen molar-refractivity contribution >= 4 is 23.2 Å². The van der Waals surface area contributed by atoms with Gasteiger partial charge < -0.3 is 0 Å². The maximum Gasteiger partial charge on any atom is 0.0647 e. The minimum atomic E-state index is 0.287. The molecule has 1 aromatic carbocycles. The van der Waals surface area contributed by atoms with Crippen molar-refractivity contribution in [3.05, 3.63) is 33.8 Å². The normalized spacial score (nSPS) is 27.2. The molecule has 2 atom stereocenters. The number of rotatable bonds is 1. The number of hydrazine groups is 1. The lowest BCUT2D eigenvalue weighted by atomic mass is 10.2. The zero-order valence-electron chi connectivity index (χ0n) is 6.30. The van der Waals surface area contributed by atoms with E-state index in [9.17, 15) is 0 Å². The highest BCUT2D eigenvalue weighted by molar-refractivity contribution is 6.35. The Hall–Kier alpha value is -0.280. The van der Waals surface area contributed by atoms with Crippen LogP contribution in [0, 0.1) is 0 Å². The average Bonchev–Trinajstić information content (AvgIpc) is 2.66. The van der Waals surface area contributed by atoms with E-state index in [0.717, 1.165) is 12.1 Å². The molecule has 2 unspecified atom stereocenters. The topological polar surface area (TPSA) is 29.0 Å². The SMILES string of the molecule is NN1CC1c1ccc(Cl)cc1Cl. The van der Waals surface area contributed by atoms with Gasteiger partial charge in [0.05, 0.1) is 6.04 Å². The fraction of sp³-hybridized carbons (Fsp3) is 0.250. The molecule has 0 saturated carbocycles. The molecule has 1 heterocycles. The van der Waals surface area contributed by atoms with E-state index in [4.69, 9.17) is 29.0 Å². The predicted octanol–water partition coefficient (Wildman–Crippen LogP) is 2.22. The molecule has 2 N–H and O–H groups in total. The van der Waals surface area contributed by atoms with E-state index < -0.39 is 0 Å². The summed E-state index contributed by atoms with van der Waals surface area (Å²) in [5, 5.41) is 3.09. The first-order chi connectivity index (χ1) is 5.68.